The summed E-state index contributed by atoms with van der Waals surface area (Å²) in [5, 5.41) is 1.51. The Morgan fingerprint density at radius 1 is 0.972 bits per heavy atom. The number of methoxy groups -OCH3 is 1. The second-order valence-electron chi connectivity index (χ2n) is 8.32. The maximum atomic E-state index is 14.9. The monoisotopic (exact) mass is 484 g/mol. The molecule has 0 saturated heterocycles. The lowest BCUT2D eigenvalue weighted by atomic mass is 9.91. The molecule has 0 aromatic heterocycles. The Morgan fingerprint density at radius 3 is 2.39 bits per heavy atom. The molecule has 0 radical (unpaired) electrons. The van der Waals surface area contributed by atoms with E-state index in [1.54, 1.807) is 19.1 Å². The summed E-state index contributed by atoms with van der Waals surface area (Å²) < 4.78 is 31.5. The Morgan fingerprint density at radius 2 is 1.72 bits per heavy atom. The van der Waals surface area contributed by atoms with Crippen molar-refractivity contribution in [1.82, 2.24) is 0 Å². The first-order valence-electron chi connectivity index (χ1n) is 12.0. The molecule has 0 unspecified atom stereocenters. The third-order valence-electron chi connectivity index (χ3n) is 5.83. The molecule has 0 heterocycles. The molecule has 4 rings (SSSR count). The van der Waals surface area contributed by atoms with Crippen LogP contribution in [-0.4, -0.2) is 19.7 Å². The van der Waals surface area contributed by atoms with E-state index in [4.69, 9.17) is 14.2 Å². The number of aryl methyl sites for hydroxylation is 1. The second-order valence-corrected chi connectivity index (χ2v) is 8.32. The van der Waals surface area contributed by atoms with Crippen LogP contribution in [0.4, 0.5) is 4.39 Å². The number of carbonyl (C=O) groups is 1. The first-order chi connectivity index (χ1) is 17.5. The van der Waals surface area contributed by atoms with Crippen molar-refractivity contribution in [3.8, 4) is 28.4 Å². The van der Waals surface area contributed by atoms with Gasteiger partial charge in [-0.05, 0) is 65.8 Å². The molecule has 0 aliphatic rings. The number of esters is 1. The van der Waals surface area contributed by atoms with Gasteiger partial charge in [-0.1, -0.05) is 61.9 Å². The van der Waals surface area contributed by atoms with Crippen molar-refractivity contribution in [2.75, 3.05) is 13.7 Å². The summed E-state index contributed by atoms with van der Waals surface area (Å²) in [4.78, 5) is 11.6. The van der Waals surface area contributed by atoms with Crippen molar-refractivity contribution in [2.24, 2.45) is 0 Å². The molecule has 0 aliphatic carbocycles. The van der Waals surface area contributed by atoms with Crippen molar-refractivity contribution >= 4 is 22.8 Å². The minimum absolute atomic E-state index is 0.195. The molecule has 0 fully saturated rings. The molecule has 0 amide bonds. The van der Waals surface area contributed by atoms with Gasteiger partial charge < -0.3 is 14.2 Å². The predicted octanol–water partition coefficient (Wildman–Crippen LogP) is 7.98. The van der Waals surface area contributed by atoms with Crippen LogP contribution in [0.2, 0.25) is 0 Å². The summed E-state index contributed by atoms with van der Waals surface area (Å²) in [6, 6.07) is 22.7. The first kappa shape index (κ1) is 25.0. The average Bonchev–Trinajstić information content (AvgIpc) is 2.89. The number of hydrogen-bond donors (Lipinski definition) is 0. The van der Waals surface area contributed by atoms with Crippen LogP contribution in [0, 0.1) is 5.82 Å². The van der Waals surface area contributed by atoms with E-state index in [0.717, 1.165) is 40.5 Å². The lowest BCUT2D eigenvalue weighted by Gasteiger charge is -2.19. The topological polar surface area (TPSA) is 44.8 Å². The molecule has 36 heavy (non-hydrogen) atoms. The highest BCUT2D eigenvalue weighted by Gasteiger charge is 2.19. The molecule has 0 aliphatic heterocycles. The molecule has 0 atom stereocenters. The minimum Gasteiger partial charge on any atom is -0.494 e. The van der Waals surface area contributed by atoms with E-state index in [-0.39, 0.29) is 11.7 Å². The highest BCUT2D eigenvalue weighted by atomic mass is 19.1. The largest absolute Gasteiger partial charge is 0.494 e. The fourth-order valence-electron chi connectivity index (χ4n) is 4.20. The van der Waals surface area contributed by atoms with Crippen LogP contribution in [0.3, 0.4) is 0 Å². The summed E-state index contributed by atoms with van der Waals surface area (Å²) in [6.07, 6.45) is 4.87. The molecular formula is C31H29FO4. The Kier molecular flexibility index (Phi) is 8.01. The summed E-state index contributed by atoms with van der Waals surface area (Å²) in [5.41, 5.74) is 3.90. The summed E-state index contributed by atoms with van der Waals surface area (Å²) in [7, 11) is 1.46. The van der Waals surface area contributed by atoms with Crippen LogP contribution in [-0.2, 0) is 16.0 Å². The van der Waals surface area contributed by atoms with Gasteiger partial charge in [0.15, 0.2) is 11.6 Å². The highest BCUT2D eigenvalue weighted by molar-refractivity contribution is 5.98. The SMILES string of the molecule is CCCc1cc2cc(OC)c(F)cc2c(Oc2ccc(C=CC(=O)OCC)cc2)c1-c1ccccc1. The lowest BCUT2D eigenvalue weighted by molar-refractivity contribution is -0.137. The quantitative estimate of drug-likeness (QED) is 0.178. The summed E-state index contributed by atoms with van der Waals surface area (Å²) in [5.74, 6) is 0.560. The Hall–Kier alpha value is -4.12. The third kappa shape index (κ3) is 5.57. The van der Waals surface area contributed by atoms with Crippen LogP contribution in [0.15, 0.2) is 78.9 Å². The van der Waals surface area contributed by atoms with Gasteiger partial charge >= 0.3 is 5.97 Å². The van der Waals surface area contributed by atoms with E-state index in [2.05, 4.69) is 13.0 Å². The lowest BCUT2D eigenvalue weighted by Crippen LogP contribution is -1.99. The normalized spacial score (nSPS) is 11.1. The molecule has 0 N–H and O–H groups in total. The molecule has 5 heteroatoms. The van der Waals surface area contributed by atoms with Crippen LogP contribution >= 0.6 is 0 Å². The van der Waals surface area contributed by atoms with Crippen LogP contribution in [0.25, 0.3) is 28.0 Å². The average molecular weight is 485 g/mol. The summed E-state index contributed by atoms with van der Waals surface area (Å²) >= 11 is 0. The zero-order valence-corrected chi connectivity index (χ0v) is 20.7. The third-order valence-corrected chi connectivity index (χ3v) is 5.83. The fourth-order valence-corrected chi connectivity index (χ4v) is 4.20. The van der Waals surface area contributed by atoms with E-state index in [0.29, 0.717) is 23.5 Å². The van der Waals surface area contributed by atoms with Gasteiger partial charge in [-0.2, -0.15) is 0 Å². The zero-order valence-electron chi connectivity index (χ0n) is 20.7. The van der Waals surface area contributed by atoms with E-state index >= 15 is 0 Å². The maximum absolute atomic E-state index is 14.9. The predicted molar refractivity (Wildman–Crippen MR) is 142 cm³/mol. The Bertz CT molecular complexity index is 1380. The first-order valence-corrected chi connectivity index (χ1v) is 12.0. The smallest absolute Gasteiger partial charge is 0.330 e. The number of halogens is 1. The molecule has 184 valence electrons. The number of carbonyl (C=O) groups excluding carboxylic acids is 1. The molecule has 4 aromatic rings. The van der Waals surface area contributed by atoms with Gasteiger partial charge in [0, 0.05) is 17.0 Å². The van der Waals surface area contributed by atoms with Crippen molar-refractivity contribution in [3.05, 3.63) is 95.8 Å². The van der Waals surface area contributed by atoms with Gasteiger partial charge in [-0.15, -0.1) is 0 Å². The number of hydrogen-bond acceptors (Lipinski definition) is 4. The van der Waals surface area contributed by atoms with Crippen LogP contribution in [0.5, 0.6) is 17.2 Å². The zero-order chi connectivity index (χ0) is 25.5. The van der Waals surface area contributed by atoms with Crippen molar-refractivity contribution < 1.29 is 23.4 Å². The molecular weight excluding hydrogens is 455 g/mol. The Balaban J connectivity index is 1.83. The number of fused-ring (bicyclic) bond motifs is 1. The van der Waals surface area contributed by atoms with Gasteiger partial charge in [0.1, 0.15) is 11.5 Å². The van der Waals surface area contributed by atoms with E-state index < -0.39 is 5.82 Å². The second kappa shape index (κ2) is 11.5. The van der Waals surface area contributed by atoms with Gasteiger partial charge in [0.25, 0.3) is 0 Å². The van der Waals surface area contributed by atoms with Gasteiger partial charge in [0.2, 0.25) is 0 Å². The standard InChI is InChI=1S/C31H29FO4/c1-4-9-23-18-24-19-28(34-3)27(32)20-26(24)31(30(23)22-10-7-6-8-11-22)36-25-15-12-21(13-16-25)14-17-29(33)35-5-2/h6-8,10-20H,4-5,9H2,1-3H3. The molecule has 0 bridgehead atoms. The molecule has 4 nitrogen and oxygen atoms in total. The number of ether oxygens (including phenoxy) is 3. The van der Waals surface area contributed by atoms with Crippen molar-refractivity contribution in [2.45, 2.75) is 26.7 Å². The van der Waals surface area contributed by atoms with E-state index in [1.807, 2.05) is 54.6 Å². The van der Waals surface area contributed by atoms with Gasteiger partial charge in [0.05, 0.1) is 13.7 Å². The van der Waals surface area contributed by atoms with E-state index in [9.17, 15) is 9.18 Å². The maximum Gasteiger partial charge on any atom is 0.330 e. The summed E-state index contributed by atoms with van der Waals surface area (Å²) in [6.45, 7) is 4.23. The molecule has 4 aromatic carbocycles. The Labute approximate surface area is 210 Å². The fraction of sp³-hybridized carbons (Fsp3) is 0.194. The van der Waals surface area contributed by atoms with Gasteiger partial charge in [-0.3, -0.25) is 0 Å². The molecule has 0 saturated carbocycles. The van der Waals surface area contributed by atoms with Crippen LogP contribution in [0.1, 0.15) is 31.4 Å². The van der Waals surface area contributed by atoms with Crippen molar-refractivity contribution in [1.29, 1.82) is 0 Å². The molecule has 0 spiro atoms. The van der Waals surface area contributed by atoms with Gasteiger partial charge in [-0.25, -0.2) is 9.18 Å². The highest BCUT2D eigenvalue weighted by Crippen LogP contribution is 2.44. The number of rotatable bonds is 9. The minimum atomic E-state index is -0.448. The van der Waals surface area contributed by atoms with Crippen molar-refractivity contribution in [3.63, 3.8) is 0 Å². The number of benzene rings is 4. The van der Waals surface area contributed by atoms with Crippen LogP contribution < -0.4 is 9.47 Å². The van der Waals surface area contributed by atoms with E-state index in [1.165, 1.54) is 19.3 Å².